The summed E-state index contributed by atoms with van der Waals surface area (Å²) in [4.78, 5) is 2.58. The highest BCUT2D eigenvalue weighted by molar-refractivity contribution is 6.30. The van der Waals surface area contributed by atoms with Gasteiger partial charge in [0, 0.05) is 29.8 Å². The zero-order valence-electron chi connectivity index (χ0n) is 10.5. The summed E-state index contributed by atoms with van der Waals surface area (Å²) in [7, 11) is 0. The van der Waals surface area contributed by atoms with Gasteiger partial charge in [-0.1, -0.05) is 11.6 Å². The number of halogens is 1. The number of fused-ring (bicyclic) bond motifs is 1. The molecule has 4 heteroatoms. The molecule has 0 aliphatic carbocycles. The topological polar surface area (TPSA) is 41.3 Å². The van der Waals surface area contributed by atoms with Crippen LogP contribution >= 0.6 is 11.6 Å². The van der Waals surface area contributed by atoms with Gasteiger partial charge < -0.3 is 11.1 Å². The normalized spacial score (nSPS) is 31.6. The van der Waals surface area contributed by atoms with Crippen molar-refractivity contribution in [3.8, 4) is 0 Å². The van der Waals surface area contributed by atoms with Gasteiger partial charge in [0.1, 0.15) is 0 Å². The summed E-state index contributed by atoms with van der Waals surface area (Å²) in [5.74, 6) is 0. The van der Waals surface area contributed by atoms with Crippen LogP contribution in [0.3, 0.4) is 0 Å². The van der Waals surface area contributed by atoms with Gasteiger partial charge in [0.05, 0.1) is 5.54 Å². The molecule has 2 saturated heterocycles. The van der Waals surface area contributed by atoms with Crippen molar-refractivity contribution < 1.29 is 0 Å². The van der Waals surface area contributed by atoms with Crippen LogP contribution in [0.5, 0.6) is 0 Å². The van der Waals surface area contributed by atoms with Crippen molar-refractivity contribution in [3.63, 3.8) is 0 Å². The van der Waals surface area contributed by atoms with Crippen LogP contribution in [0.15, 0.2) is 24.3 Å². The summed E-state index contributed by atoms with van der Waals surface area (Å²) in [6.07, 6.45) is 3.70. The van der Waals surface area contributed by atoms with E-state index >= 15 is 0 Å². The fourth-order valence-corrected chi connectivity index (χ4v) is 3.61. The van der Waals surface area contributed by atoms with E-state index in [0.29, 0.717) is 12.6 Å². The van der Waals surface area contributed by atoms with E-state index in [2.05, 4.69) is 10.2 Å². The van der Waals surface area contributed by atoms with E-state index in [-0.39, 0.29) is 5.54 Å². The fourth-order valence-electron chi connectivity index (χ4n) is 3.48. The maximum absolute atomic E-state index is 6.09. The van der Waals surface area contributed by atoms with E-state index in [0.717, 1.165) is 17.1 Å². The Bertz CT molecular complexity index is 420. The van der Waals surface area contributed by atoms with Gasteiger partial charge in [-0.15, -0.1) is 0 Å². The van der Waals surface area contributed by atoms with E-state index < -0.39 is 0 Å². The predicted octanol–water partition coefficient (Wildman–Crippen LogP) is 2.32. The van der Waals surface area contributed by atoms with Crippen LogP contribution in [0.2, 0.25) is 5.02 Å². The lowest BCUT2D eigenvalue weighted by atomic mass is 9.88. The molecule has 0 bridgehead atoms. The molecule has 1 aromatic carbocycles. The molecule has 2 atom stereocenters. The Morgan fingerprint density at radius 3 is 2.83 bits per heavy atom. The zero-order chi connectivity index (χ0) is 12.6. The summed E-state index contributed by atoms with van der Waals surface area (Å²) >= 11 is 5.93. The van der Waals surface area contributed by atoms with E-state index in [1.807, 2.05) is 24.3 Å². The quantitative estimate of drug-likeness (QED) is 0.881. The zero-order valence-corrected chi connectivity index (χ0v) is 11.3. The first-order valence-corrected chi connectivity index (χ1v) is 7.09. The Kier molecular flexibility index (Phi) is 3.22. The smallest absolute Gasteiger partial charge is 0.0662 e. The molecule has 3 rings (SSSR count). The van der Waals surface area contributed by atoms with Gasteiger partial charge in [-0.25, -0.2) is 0 Å². The molecule has 2 fully saturated rings. The molecule has 18 heavy (non-hydrogen) atoms. The number of nitrogens with two attached hydrogens (primary N) is 1. The highest BCUT2D eigenvalue weighted by Crippen LogP contribution is 2.37. The van der Waals surface area contributed by atoms with Gasteiger partial charge in [0.15, 0.2) is 0 Å². The summed E-state index contributed by atoms with van der Waals surface area (Å²) < 4.78 is 0. The van der Waals surface area contributed by atoms with Gasteiger partial charge in [-0.05, 0) is 50.1 Å². The third-order valence-corrected chi connectivity index (χ3v) is 4.70. The second kappa shape index (κ2) is 4.72. The van der Waals surface area contributed by atoms with E-state index in [4.69, 9.17) is 17.3 Å². The van der Waals surface area contributed by atoms with Crippen LogP contribution in [0.4, 0.5) is 5.69 Å². The average Bonchev–Trinajstić information content (AvgIpc) is 2.96. The van der Waals surface area contributed by atoms with Gasteiger partial charge in [-0.3, -0.25) is 4.90 Å². The minimum Gasteiger partial charge on any atom is -0.377 e. The van der Waals surface area contributed by atoms with Gasteiger partial charge in [0.2, 0.25) is 0 Å². The van der Waals surface area contributed by atoms with Crippen LogP contribution in [0, 0.1) is 0 Å². The van der Waals surface area contributed by atoms with Crippen molar-refractivity contribution in [1.29, 1.82) is 0 Å². The number of nitrogens with one attached hydrogen (secondary N) is 1. The Balaban J connectivity index is 1.82. The Hall–Kier alpha value is -0.770. The summed E-state index contributed by atoms with van der Waals surface area (Å²) in [6, 6.07) is 8.53. The summed E-state index contributed by atoms with van der Waals surface area (Å²) in [5, 5.41) is 4.45. The first kappa shape index (κ1) is 12.3. The molecule has 2 unspecified atom stereocenters. The highest BCUT2D eigenvalue weighted by Gasteiger charge is 2.48. The standard InChI is InChI=1S/C14H20ClN3/c15-11-3-5-12(6-4-11)17-14(10-16)7-9-18-8-1-2-13(14)18/h3-6,13,17H,1-2,7-10,16H2. The molecule has 0 spiro atoms. The lowest BCUT2D eigenvalue weighted by molar-refractivity contribution is 0.280. The third-order valence-electron chi connectivity index (χ3n) is 4.45. The van der Waals surface area contributed by atoms with Crippen molar-refractivity contribution in [2.24, 2.45) is 5.73 Å². The molecule has 2 aliphatic rings. The van der Waals surface area contributed by atoms with Gasteiger partial charge in [0.25, 0.3) is 0 Å². The number of nitrogens with zero attached hydrogens (tertiary/aromatic N) is 1. The van der Waals surface area contributed by atoms with Gasteiger partial charge in [-0.2, -0.15) is 0 Å². The van der Waals surface area contributed by atoms with E-state index in [9.17, 15) is 0 Å². The Labute approximate surface area is 113 Å². The predicted molar refractivity (Wildman–Crippen MR) is 76.1 cm³/mol. The summed E-state index contributed by atoms with van der Waals surface area (Å²) in [5.41, 5.74) is 7.26. The minimum absolute atomic E-state index is 0.0460. The van der Waals surface area contributed by atoms with E-state index in [1.54, 1.807) is 0 Å². The van der Waals surface area contributed by atoms with Gasteiger partial charge >= 0.3 is 0 Å². The SMILES string of the molecule is NCC1(Nc2ccc(Cl)cc2)CCN2CCCC21. The Morgan fingerprint density at radius 1 is 1.33 bits per heavy atom. The van der Waals surface area contributed by atoms with E-state index in [1.165, 1.54) is 25.9 Å². The lowest BCUT2D eigenvalue weighted by Gasteiger charge is -2.36. The molecule has 0 radical (unpaired) electrons. The van der Waals surface area contributed by atoms with Crippen LogP contribution in [-0.4, -0.2) is 36.1 Å². The van der Waals surface area contributed by atoms with Crippen LogP contribution in [0.1, 0.15) is 19.3 Å². The van der Waals surface area contributed by atoms with Crippen molar-refractivity contribution >= 4 is 17.3 Å². The maximum Gasteiger partial charge on any atom is 0.0662 e. The van der Waals surface area contributed by atoms with Crippen molar-refractivity contribution in [3.05, 3.63) is 29.3 Å². The maximum atomic E-state index is 6.09. The molecule has 0 amide bonds. The molecule has 3 N–H and O–H groups in total. The largest absolute Gasteiger partial charge is 0.377 e. The molecular formula is C14H20ClN3. The first-order valence-electron chi connectivity index (χ1n) is 6.71. The number of anilines is 1. The Morgan fingerprint density at radius 2 is 2.11 bits per heavy atom. The number of rotatable bonds is 3. The second-order valence-corrected chi connectivity index (χ2v) is 5.87. The average molecular weight is 266 g/mol. The molecule has 0 saturated carbocycles. The third kappa shape index (κ3) is 2.00. The molecule has 2 aliphatic heterocycles. The van der Waals surface area contributed by atoms with Crippen molar-refractivity contribution in [2.75, 3.05) is 25.0 Å². The molecule has 0 aromatic heterocycles. The van der Waals surface area contributed by atoms with Crippen LogP contribution in [0.25, 0.3) is 0 Å². The molecule has 3 nitrogen and oxygen atoms in total. The molecule has 1 aromatic rings. The summed E-state index contributed by atoms with van der Waals surface area (Å²) in [6.45, 7) is 3.09. The fraction of sp³-hybridized carbons (Fsp3) is 0.571. The lowest BCUT2D eigenvalue weighted by Crippen LogP contribution is -2.53. The molecule has 2 heterocycles. The highest BCUT2D eigenvalue weighted by atomic mass is 35.5. The number of hydrogen-bond donors (Lipinski definition) is 2. The van der Waals surface area contributed by atoms with Crippen molar-refractivity contribution in [1.82, 2.24) is 4.90 Å². The second-order valence-electron chi connectivity index (χ2n) is 5.44. The molecule has 98 valence electrons. The monoisotopic (exact) mass is 265 g/mol. The number of hydrogen-bond acceptors (Lipinski definition) is 3. The number of benzene rings is 1. The van der Waals surface area contributed by atoms with Crippen LogP contribution < -0.4 is 11.1 Å². The van der Waals surface area contributed by atoms with Crippen LogP contribution in [-0.2, 0) is 0 Å². The van der Waals surface area contributed by atoms with Crippen molar-refractivity contribution in [2.45, 2.75) is 30.8 Å². The minimum atomic E-state index is 0.0460. The first-order chi connectivity index (χ1) is 8.73. The molecular weight excluding hydrogens is 246 g/mol.